The minimum absolute atomic E-state index is 0.212. The number of Topliss-reactive ketones (excluding diaryl/α,β-unsaturated/α-hetero) is 1. The molecule has 2 aromatic heterocycles. The number of nitrogens with zero attached hydrogens (tertiary/aromatic N) is 2. The Morgan fingerprint density at radius 3 is 3.06 bits per heavy atom. The number of furan rings is 1. The first-order chi connectivity index (χ1) is 7.74. The minimum atomic E-state index is 0.212. The van der Waals surface area contributed by atoms with Crippen LogP contribution in [0.15, 0.2) is 35.2 Å². The predicted octanol–water partition coefficient (Wildman–Crippen LogP) is 1.76. The van der Waals surface area contributed by atoms with Gasteiger partial charge in [-0.05, 0) is 17.7 Å². The van der Waals surface area contributed by atoms with Gasteiger partial charge in [-0.1, -0.05) is 0 Å². The fraction of sp³-hybridized carbons (Fsp3) is 0.333. The number of carbonyl (C=O) groups is 1. The quantitative estimate of drug-likeness (QED) is 0.768. The Bertz CT molecular complexity index is 457. The first-order valence-corrected chi connectivity index (χ1v) is 5.25. The largest absolute Gasteiger partial charge is 0.469 e. The van der Waals surface area contributed by atoms with E-state index in [1.54, 1.807) is 17.1 Å². The summed E-state index contributed by atoms with van der Waals surface area (Å²) in [4.78, 5) is 11.6. The Balaban J connectivity index is 1.81. The van der Waals surface area contributed by atoms with E-state index in [0.717, 1.165) is 11.3 Å². The van der Waals surface area contributed by atoms with Crippen molar-refractivity contribution in [3.8, 4) is 0 Å². The van der Waals surface area contributed by atoms with E-state index >= 15 is 0 Å². The molecule has 0 aliphatic carbocycles. The van der Waals surface area contributed by atoms with Crippen LogP contribution >= 0.6 is 0 Å². The second-order valence-corrected chi connectivity index (χ2v) is 3.82. The Hall–Kier alpha value is -1.84. The zero-order valence-electron chi connectivity index (χ0n) is 9.22. The van der Waals surface area contributed by atoms with E-state index in [1.165, 1.54) is 0 Å². The highest BCUT2D eigenvalue weighted by atomic mass is 16.3. The van der Waals surface area contributed by atoms with Crippen LogP contribution in [0.2, 0.25) is 0 Å². The Labute approximate surface area is 93.9 Å². The van der Waals surface area contributed by atoms with Crippen LogP contribution in [-0.4, -0.2) is 15.6 Å². The van der Waals surface area contributed by atoms with Crippen LogP contribution in [-0.2, 0) is 24.7 Å². The summed E-state index contributed by atoms with van der Waals surface area (Å²) in [6.07, 6.45) is 6.86. The normalized spacial score (nSPS) is 10.6. The molecule has 4 nitrogen and oxygen atoms in total. The van der Waals surface area contributed by atoms with Crippen LogP contribution < -0.4 is 0 Å². The third-order valence-corrected chi connectivity index (χ3v) is 2.39. The van der Waals surface area contributed by atoms with E-state index in [2.05, 4.69) is 5.10 Å². The summed E-state index contributed by atoms with van der Waals surface area (Å²) in [5, 5.41) is 4.03. The van der Waals surface area contributed by atoms with E-state index in [4.69, 9.17) is 4.42 Å². The Morgan fingerprint density at radius 2 is 2.44 bits per heavy atom. The maximum absolute atomic E-state index is 11.6. The molecule has 0 atom stereocenters. The van der Waals surface area contributed by atoms with E-state index in [-0.39, 0.29) is 5.78 Å². The monoisotopic (exact) mass is 218 g/mol. The topological polar surface area (TPSA) is 48.0 Å². The van der Waals surface area contributed by atoms with E-state index < -0.39 is 0 Å². The van der Waals surface area contributed by atoms with Crippen LogP contribution in [0.4, 0.5) is 0 Å². The van der Waals surface area contributed by atoms with E-state index in [0.29, 0.717) is 19.3 Å². The molecule has 0 fully saturated rings. The SMILES string of the molecule is Cn1cc(CC(=O)CCc2ccco2)cn1. The second kappa shape index (κ2) is 4.79. The van der Waals surface area contributed by atoms with Crippen molar-refractivity contribution in [1.29, 1.82) is 0 Å². The van der Waals surface area contributed by atoms with Crippen LogP contribution in [0.1, 0.15) is 17.7 Å². The average Bonchev–Trinajstić information content (AvgIpc) is 2.87. The van der Waals surface area contributed by atoms with Gasteiger partial charge in [0, 0.05) is 32.5 Å². The van der Waals surface area contributed by atoms with Gasteiger partial charge in [0.1, 0.15) is 11.5 Å². The third-order valence-electron chi connectivity index (χ3n) is 2.39. The molecule has 16 heavy (non-hydrogen) atoms. The molecule has 0 aromatic carbocycles. The van der Waals surface area contributed by atoms with Gasteiger partial charge in [-0.3, -0.25) is 9.48 Å². The number of hydrogen-bond donors (Lipinski definition) is 0. The molecule has 0 saturated heterocycles. The standard InChI is InChI=1S/C12H14N2O2/c1-14-9-10(8-13-14)7-11(15)4-5-12-3-2-6-16-12/h2-3,6,8-9H,4-5,7H2,1H3. The average molecular weight is 218 g/mol. The zero-order chi connectivity index (χ0) is 11.4. The van der Waals surface area contributed by atoms with Crippen molar-refractivity contribution in [2.75, 3.05) is 0 Å². The number of hydrogen-bond acceptors (Lipinski definition) is 3. The molecule has 2 heterocycles. The van der Waals surface area contributed by atoms with Crippen LogP contribution in [0.5, 0.6) is 0 Å². The summed E-state index contributed by atoms with van der Waals surface area (Å²) in [6, 6.07) is 3.72. The van der Waals surface area contributed by atoms with Gasteiger partial charge < -0.3 is 4.42 Å². The zero-order valence-corrected chi connectivity index (χ0v) is 9.22. The van der Waals surface area contributed by atoms with E-state index in [9.17, 15) is 4.79 Å². The van der Waals surface area contributed by atoms with Crippen molar-refractivity contribution in [1.82, 2.24) is 9.78 Å². The summed E-state index contributed by atoms with van der Waals surface area (Å²) in [6.45, 7) is 0. The van der Waals surface area contributed by atoms with Gasteiger partial charge in [0.05, 0.1) is 12.5 Å². The molecule has 0 radical (unpaired) electrons. The molecule has 0 spiro atoms. The van der Waals surface area contributed by atoms with Gasteiger partial charge in [0.2, 0.25) is 0 Å². The molecule has 0 unspecified atom stereocenters. The number of carbonyl (C=O) groups excluding carboxylic acids is 1. The maximum Gasteiger partial charge on any atom is 0.137 e. The van der Waals surface area contributed by atoms with Crippen molar-refractivity contribution in [3.05, 3.63) is 42.1 Å². The van der Waals surface area contributed by atoms with Gasteiger partial charge in [-0.2, -0.15) is 5.10 Å². The summed E-state index contributed by atoms with van der Waals surface area (Å²) >= 11 is 0. The maximum atomic E-state index is 11.6. The molecule has 0 bridgehead atoms. The fourth-order valence-electron chi connectivity index (χ4n) is 1.60. The van der Waals surface area contributed by atoms with Gasteiger partial charge >= 0.3 is 0 Å². The summed E-state index contributed by atoms with van der Waals surface area (Å²) < 4.78 is 6.87. The highest BCUT2D eigenvalue weighted by molar-refractivity contribution is 5.80. The van der Waals surface area contributed by atoms with Crippen molar-refractivity contribution in [3.63, 3.8) is 0 Å². The fourth-order valence-corrected chi connectivity index (χ4v) is 1.60. The predicted molar refractivity (Wildman–Crippen MR) is 58.9 cm³/mol. The van der Waals surface area contributed by atoms with Crippen molar-refractivity contribution in [2.24, 2.45) is 7.05 Å². The van der Waals surface area contributed by atoms with Crippen LogP contribution in [0.25, 0.3) is 0 Å². The van der Waals surface area contributed by atoms with E-state index in [1.807, 2.05) is 25.4 Å². The van der Waals surface area contributed by atoms with Crippen LogP contribution in [0, 0.1) is 0 Å². The number of aromatic nitrogens is 2. The molecule has 0 saturated carbocycles. The van der Waals surface area contributed by atoms with Gasteiger partial charge in [-0.25, -0.2) is 0 Å². The number of rotatable bonds is 5. The van der Waals surface area contributed by atoms with Crippen LogP contribution in [0.3, 0.4) is 0 Å². The first kappa shape index (κ1) is 10.7. The number of aryl methyl sites for hydroxylation is 2. The molecule has 2 aromatic rings. The van der Waals surface area contributed by atoms with Gasteiger partial charge in [0.15, 0.2) is 0 Å². The highest BCUT2D eigenvalue weighted by Crippen LogP contribution is 2.06. The summed E-state index contributed by atoms with van der Waals surface area (Å²) in [5.74, 6) is 1.07. The lowest BCUT2D eigenvalue weighted by Gasteiger charge is -1.96. The second-order valence-electron chi connectivity index (χ2n) is 3.82. The third kappa shape index (κ3) is 2.82. The van der Waals surface area contributed by atoms with Gasteiger partial charge in [-0.15, -0.1) is 0 Å². The molecular weight excluding hydrogens is 204 g/mol. The summed E-state index contributed by atoms with van der Waals surface area (Å²) in [7, 11) is 1.84. The minimum Gasteiger partial charge on any atom is -0.469 e. The Kier molecular flexibility index (Phi) is 3.19. The lowest BCUT2D eigenvalue weighted by molar-refractivity contribution is -0.118. The molecule has 0 N–H and O–H groups in total. The highest BCUT2D eigenvalue weighted by Gasteiger charge is 2.06. The molecule has 0 aliphatic heterocycles. The molecule has 0 amide bonds. The van der Waals surface area contributed by atoms with Crippen molar-refractivity contribution >= 4 is 5.78 Å². The Morgan fingerprint density at radius 1 is 1.56 bits per heavy atom. The lowest BCUT2D eigenvalue weighted by Crippen LogP contribution is -2.03. The smallest absolute Gasteiger partial charge is 0.137 e. The molecule has 84 valence electrons. The summed E-state index contributed by atoms with van der Waals surface area (Å²) in [5.41, 5.74) is 0.965. The van der Waals surface area contributed by atoms with Gasteiger partial charge in [0.25, 0.3) is 0 Å². The van der Waals surface area contributed by atoms with Crippen molar-refractivity contribution in [2.45, 2.75) is 19.3 Å². The number of ketones is 1. The molecule has 0 aliphatic rings. The lowest BCUT2D eigenvalue weighted by atomic mass is 10.1. The molecular formula is C12H14N2O2. The van der Waals surface area contributed by atoms with Crippen molar-refractivity contribution < 1.29 is 9.21 Å². The molecule has 2 rings (SSSR count). The first-order valence-electron chi connectivity index (χ1n) is 5.25. The molecule has 4 heteroatoms.